The van der Waals surface area contributed by atoms with Crippen LogP contribution in [-0.4, -0.2) is 70.1 Å². The second-order valence-corrected chi connectivity index (χ2v) is 7.89. The van der Waals surface area contributed by atoms with E-state index in [1.807, 2.05) is 23.2 Å². The average Bonchev–Trinajstić information content (AvgIpc) is 3.17. The number of piperidine rings is 1. The van der Waals surface area contributed by atoms with E-state index in [9.17, 15) is 4.79 Å². The Morgan fingerprint density at radius 3 is 2.71 bits per heavy atom. The van der Waals surface area contributed by atoms with Crippen LogP contribution in [0.4, 0.5) is 5.82 Å². The molecule has 4 rings (SSSR count). The molecule has 0 radical (unpaired) electrons. The van der Waals surface area contributed by atoms with Crippen molar-refractivity contribution >= 4 is 11.7 Å². The van der Waals surface area contributed by atoms with E-state index in [0.717, 1.165) is 50.6 Å². The Morgan fingerprint density at radius 1 is 1.21 bits per heavy atom. The highest BCUT2D eigenvalue weighted by Gasteiger charge is 2.21. The molecule has 2 saturated heterocycles. The van der Waals surface area contributed by atoms with Crippen molar-refractivity contribution in [2.75, 3.05) is 44.2 Å². The van der Waals surface area contributed by atoms with E-state index in [2.05, 4.69) is 31.8 Å². The number of piperazine rings is 1. The first-order valence-electron chi connectivity index (χ1n) is 10.1. The molecule has 1 atom stereocenters. The SMILES string of the molecule is CC(=O)N1CCN(Cc2nc(-c3ccc(N4CCC[C@@H](C)C4)nc3)no2)CC1. The van der Waals surface area contributed by atoms with Crippen LogP contribution in [0.1, 0.15) is 32.6 Å². The van der Waals surface area contributed by atoms with Crippen LogP contribution in [0.15, 0.2) is 22.9 Å². The monoisotopic (exact) mass is 384 g/mol. The zero-order valence-electron chi connectivity index (χ0n) is 16.7. The fourth-order valence-corrected chi connectivity index (χ4v) is 3.95. The van der Waals surface area contributed by atoms with E-state index in [0.29, 0.717) is 24.2 Å². The lowest BCUT2D eigenvalue weighted by Gasteiger charge is -2.33. The van der Waals surface area contributed by atoms with Gasteiger partial charge in [0.15, 0.2) is 0 Å². The maximum atomic E-state index is 11.4. The summed E-state index contributed by atoms with van der Waals surface area (Å²) in [5.74, 6) is 3.04. The van der Waals surface area contributed by atoms with Gasteiger partial charge in [0.25, 0.3) is 0 Å². The van der Waals surface area contributed by atoms with E-state index >= 15 is 0 Å². The molecule has 2 fully saturated rings. The molecule has 0 N–H and O–H groups in total. The normalized spacial score (nSPS) is 21.1. The van der Waals surface area contributed by atoms with Crippen LogP contribution in [0, 0.1) is 5.92 Å². The number of anilines is 1. The van der Waals surface area contributed by atoms with Crippen LogP contribution in [-0.2, 0) is 11.3 Å². The van der Waals surface area contributed by atoms with Crippen molar-refractivity contribution in [3.63, 3.8) is 0 Å². The minimum atomic E-state index is 0.134. The van der Waals surface area contributed by atoms with E-state index in [1.165, 1.54) is 12.8 Å². The summed E-state index contributed by atoms with van der Waals surface area (Å²) in [5.41, 5.74) is 0.866. The Bertz CT molecular complexity index is 797. The maximum Gasteiger partial charge on any atom is 0.241 e. The number of hydrogen-bond donors (Lipinski definition) is 0. The molecular formula is C20H28N6O2. The van der Waals surface area contributed by atoms with Gasteiger partial charge in [-0.2, -0.15) is 4.98 Å². The largest absolute Gasteiger partial charge is 0.356 e. The predicted octanol–water partition coefficient (Wildman–Crippen LogP) is 2.03. The van der Waals surface area contributed by atoms with Crippen molar-refractivity contribution in [2.45, 2.75) is 33.2 Å². The molecule has 0 aromatic carbocycles. The highest BCUT2D eigenvalue weighted by atomic mass is 16.5. The highest BCUT2D eigenvalue weighted by Crippen LogP contribution is 2.23. The van der Waals surface area contributed by atoms with Gasteiger partial charge in [-0.15, -0.1) is 0 Å². The maximum absolute atomic E-state index is 11.4. The van der Waals surface area contributed by atoms with Crippen LogP contribution in [0.25, 0.3) is 11.4 Å². The Labute approximate surface area is 165 Å². The molecule has 28 heavy (non-hydrogen) atoms. The molecule has 2 aromatic rings. The van der Waals surface area contributed by atoms with Crippen LogP contribution >= 0.6 is 0 Å². The van der Waals surface area contributed by atoms with Gasteiger partial charge in [-0.1, -0.05) is 12.1 Å². The summed E-state index contributed by atoms with van der Waals surface area (Å²) in [6.07, 6.45) is 4.35. The summed E-state index contributed by atoms with van der Waals surface area (Å²) in [6, 6.07) is 4.06. The first-order chi connectivity index (χ1) is 13.6. The number of nitrogens with zero attached hydrogens (tertiary/aromatic N) is 6. The molecule has 0 unspecified atom stereocenters. The molecule has 0 aliphatic carbocycles. The average molecular weight is 384 g/mol. The lowest BCUT2D eigenvalue weighted by Crippen LogP contribution is -2.47. The molecule has 0 bridgehead atoms. The van der Waals surface area contributed by atoms with Gasteiger partial charge in [0.2, 0.25) is 17.6 Å². The molecule has 150 valence electrons. The molecule has 8 nitrogen and oxygen atoms in total. The summed E-state index contributed by atoms with van der Waals surface area (Å²) in [5, 5.41) is 4.12. The minimum Gasteiger partial charge on any atom is -0.356 e. The molecule has 1 amide bonds. The smallest absolute Gasteiger partial charge is 0.241 e. The Morgan fingerprint density at radius 2 is 2.04 bits per heavy atom. The van der Waals surface area contributed by atoms with Crippen LogP contribution in [0.5, 0.6) is 0 Å². The molecule has 0 saturated carbocycles. The lowest BCUT2D eigenvalue weighted by molar-refractivity contribution is -0.130. The first-order valence-corrected chi connectivity index (χ1v) is 10.1. The Balaban J connectivity index is 1.36. The minimum absolute atomic E-state index is 0.134. The second kappa shape index (κ2) is 8.26. The Hall–Kier alpha value is -2.48. The number of rotatable bonds is 4. The van der Waals surface area contributed by atoms with Crippen LogP contribution < -0.4 is 4.90 Å². The number of hydrogen-bond acceptors (Lipinski definition) is 7. The number of carbonyl (C=O) groups excluding carboxylic acids is 1. The van der Waals surface area contributed by atoms with Gasteiger partial charge in [-0.05, 0) is 30.9 Å². The number of aromatic nitrogens is 3. The van der Waals surface area contributed by atoms with Crippen molar-refractivity contribution in [3.8, 4) is 11.4 Å². The molecule has 2 aromatic heterocycles. The fraction of sp³-hybridized carbons (Fsp3) is 0.600. The first kappa shape index (κ1) is 18.9. The van der Waals surface area contributed by atoms with E-state index in [-0.39, 0.29) is 5.91 Å². The van der Waals surface area contributed by atoms with Crippen molar-refractivity contribution in [3.05, 3.63) is 24.2 Å². The quantitative estimate of drug-likeness (QED) is 0.798. The van der Waals surface area contributed by atoms with Gasteiger partial charge in [-0.25, -0.2) is 4.98 Å². The van der Waals surface area contributed by atoms with Gasteiger partial charge in [0, 0.05) is 58.0 Å². The third kappa shape index (κ3) is 4.32. The number of pyridine rings is 1. The van der Waals surface area contributed by atoms with Crippen molar-refractivity contribution < 1.29 is 9.32 Å². The zero-order valence-corrected chi connectivity index (χ0v) is 16.7. The number of amides is 1. The van der Waals surface area contributed by atoms with Crippen molar-refractivity contribution in [1.82, 2.24) is 24.9 Å². The van der Waals surface area contributed by atoms with Gasteiger partial charge >= 0.3 is 0 Å². The van der Waals surface area contributed by atoms with Gasteiger partial charge in [0.1, 0.15) is 5.82 Å². The van der Waals surface area contributed by atoms with E-state index < -0.39 is 0 Å². The van der Waals surface area contributed by atoms with Crippen molar-refractivity contribution in [1.29, 1.82) is 0 Å². The fourth-order valence-electron chi connectivity index (χ4n) is 3.95. The number of carbonyl (C=O) groups is 1. The zero-order chi connectivity index (χ0) is 19.5. The summed E-state index contributed by atoms with van der Waals surface area (Å²) < 4.78 is 5.44. The second-order valence-electron chi connectivity index (χ2n) is 7.89. The third-order valence-electron chi connectivity index (χ3n) is 5.63. The standard InChI is InChI=1S/C20H28N6O2/c1-15-4-3-7-26(13-15)18-6-5-17(12-21-18)20-22-19(28-23-20)14-24-8-10-25(11-9-24)16(2)27/h5-6,12,15H,3-4,7-11,13-14H2,1-2H3/t15-/m1/s1. The molecule has 2 aliphatic heterocycles. The molecule has 4 heterocycles. The van der Waals surface area contributed by atoms with E-state index in [4.69, 9.17) is 4.52 Å². The topological polar surface area (TPSA) is 78.6 Å². The van der Waals surface area contributed by atoms with Gasteiger partial charge in [0.05, 0.1) is 6.54 Å². The summed E-state index contributed by atoms with van der Waals surface area (Å²) >= 11 is 0. The van der Waals surface area contributed by atoms with Crippen LogP contribution in [0.3, 0.4) is 0 Å². The van der Waals surface area contributed by atoms with Gasteiger partial charge in [-0.3, -0.25) is 9.69 Å². The Kier molecular flexibility index (Phi) is 5.57. The summed E-state index contributed by atoms with van der Waals surface area (Å²) in [4.78, 5) is 27.0. The summed E-state index contributed by atoms with van der Waals surface area (Å²) in [6.45, 7) is 9.79. The molecule has 0 spiro atoms. The molecule has 8 heteroatoms. The van der Waals surface area contributed by atoms with E-state index in [1.54, 1.807) is 6.92 Å². The molecule has 2 aliphatic rings. The van der Waals surface area contributed by atoms with Crippen molar-refractivity contribution in [2.24, 2.45) is 5.92 Å². The van der Waals surface area contributed by atoms with Crippen LogP contribution in [0.2, 0.25) is 0 Å². The van der Waals surface area contributed by atoms with Gasteiger partial charge < -0.3 is 14.3 Å². The predicted molar refractivity (Wildman–Crippen MR) is 106 cm³/mol. The highest BCUT2D eigenvalue weighted by molar-refractivity contribution is 5.73. The lowest BCUT2D eigenvalue weighted by atomic mass is 10.0. The third-order valence-corrected chi connectivity index (χ3v) is 5.63. The molecular weight excluding hydrogens is 356 g/mol. The summed E-state index contributed by atoms with van der Waals surface area (Å²) in [7, 11) is 0.